The molecule has 0 saturated carbocycles. The third-order valence-electron chi connectivity index (χ3n) is 8.51. The predicted octanol–water partition coefficient (Wildman–Crippen LogP) is 6.36. The Kier molecular flexibility index (Phi) is 3.78. The van der Waals surface area contributed by atoms with Gasteiger partial charge in [0.15, 0.2) is 0 Å². The van der Waals surface area contributed by atoms with Gasteiger partial charge >= 0.3 is 0 Å². The lowest BCUT2D eigenvalue weighted by Gasteiger charge is -2.37. The molecule has 2 aliphatic rings. The largest absolute Gasteiger partial charge is 0.311 e. The molecule has 9 rings (SSSR count). The van der Waals surface area contributed by atoms with Crippen LogP contribution in [0.4, 0.5) is 17.1 Å². The lowest BCUT2D eigenvalue weighted by atomic mass is 9.37. The summed E-state index contributed by atoms with van der Waals surface area (Å²) in [7, 11) is 2.96. The molecule has 37 heavy (non-hydrogen) atoms. The fraction of sp³-hybridized carbons (Fsp3) is 0. The third kappa shape index (κ3) is 2.49. The second-order valence-corrected chi connectivity index (χ2v) is 11.0. The molecular weight excluding hydrogens is 464 g/mol. The van der Waals surface area contributed by atoms with E-state index in [1.165, 1.54) is 82.2 Å². The molecule has 0 radical (unpaired) electrons. The van der Waals surface area contributed by atoms with E-state index in [2.05, 4.69) is 129 Å². The monoisotopic (exact) mass is 485 g/mol. The molecule has 3 heteroatoms. The zero-order chi connectivity index (χ0) is 24.2. The molecule has 7 aromatic rings. The number of para-hydroxylation sites is 1. The highest BCUT2D eigenvalue weighted by Gasteiger charge is 2.42. The minimum atomic E-state index is 0.263. The van der Waals surface area contributed by atoms with Crippen molar-refractivity contribution in [3.63, 3.8) is 0 Å². The van der Waals surface area contributed by atoms with Gasteiger partial charge in [0.05, 0.1) is 5.69 Å². The van der Waals surface area contributed by atoms with Crippen LogP contribution in [-0.4, -0.2) is 6.71 Å². The van der Waals surface area contributed by atoms with Gasteiger partial charge < -0.3 is 4.90 Å². The van der Waals surface area contributed by atoms with E-state index in [1.54, 1.807) is 0 Å². The Labute approximate surface area is 218 Å². The van der Waals surface area contributed by atoms with Gasteiger partial charge in [-0.3, -0.25) is 0 Å². The normalized spacial score (nSPS) is 13.4. The summed E-state index contributed by atoms with van der Waals surface area (Å²) < 4.78 is 0. The number of anilines is 3. The Hall–Kier alpha value is -4.13. The number of benzene rings is 7. The zero-order valence-electron chi connectivity index (χ0n) is 20.1. The lowest BCUT2D eigenvalue weighted by Crippen LogP contribution is -2.54. The molecule has 2 heterocycles. The van der Waals surface area contributed by atoms with Crippen LogP contribution in [0.2, 0.25) is 0 Å². The quantitative estimate of drug-likeness (QED) is 0.149. The first-order chi connectivity index (χ1) is 18.3. The summed E-state index contributed by atoms with van der Waals surface area (Å²) in [5, 5.41) is 9.13. The molecule has 0 bridgehead atoms. The van der Waals surface area contributed by atoms with Gasteiger partial charge in [0, 0.05) is 16.8 Å². The molecule has 1 atom stereocenters. The fourth-order valence-corrected chi connectivity index (χ4v) is 7.41. The van der Waals surface area contributed by atoms with Gasteiger partial charge in [0.2, 0.25) is 6.71 Å². The van der Waals surface area contributed by atoms with Crippen LogP contribution in [0.1, 0.15) is 0 Å². The molecule has 170 valence electrons. The second-order valence-electron chi connectivity index (χ2n) is 10.4. The molecule has 0 aliphatic carbocycles. The fourth-order valence-electron chi connectivity index (χ4n) is 7.08. The summed E-state index contributed by atoms with van der Waals surface area (Å²) in [6.07, 6.45) is 0. The molecule has 1 unspecified atom stereocenters. The molecule has 0 amide bonds. The first-order valence-electron chi connectivity index (χ1n) is 12.9. The van der Waals surface area contributed by atoms with Gasteiger partial charge in [-0.15, -0.1) is 9.24 Å². The highest BCUT2D eigenvalue weighted by atomic mass is 31.0. The molecule has 0 aromatic heterocycles. The smallest absolute Gasteiger partial charge is 0.248 e. The van der Waals surface area contributed by atoms with E-state index in [0.29, 0.717) is 0 Å². The SMILES string of the molecule is Pc1cc2c3c(c1)N(c1ccc4ccc5cccc6ccc1c4c56)c1ccccc1B3c1ccccc1-2. The Morgan fingerprint density at radius 1 is 0.514 bits per heavy atom. The van der Waals surface area contributed by atoms with Crippen molar-refractivity contribution in [2.45, 2.75) is 0 Å². The first-order valence-corrected chi connectivity index (χ1v) is 13.4. The van der Waals surface area contributed by atoms with Gasteiger partial charge in [-0.2, -0.15) is 0 Å². The number of hydrogen-bond donors (Lipinski definition) is 0. The lowest BCUT2D eigenvalue weighted by molar-refractivity contribution is 1.32. The summed E-state index contributed by atoms with van der Waals surface area (Å²) in [4.78, 5) is 2.52. The average molecular weight is 485 g/mol. The summed E-state index contributed by atoms with van der Waals surface area (Å²) in [6, 6.07) is 43.0. The average Bonchev–Trinajstić information content (AvgIpc) is 3.27. The van der Waals surface area contributed by atoms with E-state index in [1.807, 2.05) is 0 Å². The van der Waals surface area contributed by atoms with Crippen LogP contribution >= 0.6 is 9.24 Å². The highest BCUT2D eigenvalue weighted by Crippen LogP contribution is 2.45. The summed E-state index contributed by atoms with van der Waals surface area (Å²) in [5.41, 5.74) is 10.7. The first kappa shape index (κ1) is 20.0. The maximum Gasteiger partial charge on any atom is 0.248 e. The third-order valence-corrected chi connectivity index (χ3v) is 8.84. The van der Waals surface area contributed by atoms with Crippen molar-refractivity contribution in [2.75, 3.05) is 4.90 Å². The molecule has 2 aliphatic heterocycles. The van der Waals surface area contributed by atoms with Crippen molar-refractivity contribution < 1.29 is 0 Å². The second kappa shape index (κ2) is 7.00. The van der Waals surface area contributed by atoms with Crippen LogP contribution < -0.4 is 26.6 Å². The molecular formula is C34H21BNP. The minimum absolute atomic E-state index is 0.263. The molecule has 0 saturated heterocycles. The Morgan fingerprint density at radius 2 is 1.22 bits per heavy atom. The standard InChI is InChI=1S/C34H21BNP/c37-23-18-26-24-8-1-2-9-27(24)35-28-10-3-4-11-30(28)36(31(19-23)34(26)35)29-17-15-22-13-12-20-6-5-7-21-14-16-25(29)33(22)32(20)21/h1-19H,37H2. The van der Waals surface area contributed by atoms with Gasteiger partial charge in [-0.1, -0.05) is 96.5 Å². The minimum Gasteiger partial charge on any atom is -0.311 e. The maximum absolute atomic E-state index is 2.96. The molecule has 0 N–H and O–H groups in total. The molecule has 7 aromatic carbocycles. The van der Waals surface area contributed by atoms with Crippen molar-refractivity contribution in [1.82, 2.24) is 0 Å². The topological polar surface area (TPSA) is 3.24 Å². The van der Waals surface area contributed by atoms with Crippen molar-refractivity contribution in [1.29, 1.82) is 0 Å². The Bertz CT molecular complexity index is 2060. The van der Waals surface area contributed by atoms with E-state index in [9.17, 15) is 0 Å². The van der Waals surface area contributed by atoms with Crippen molar-refractivity contribution in [3.8, 4) is 11.1 Å². The van der Waals surface area contributed by atoms with Crippen molar-refractivity contribution in [2.24, 2.45) is 0 Å². The Balaban J connectivity index is 1.43. The summed E-state index contributed by atoms with van der Waals surface area (Å²) >= 11 is 0. The summed E-state index contributed by atoms with van der Waals surface area (Å²) in [5.74, 6) is 0. The van der Waals surface area contributed by atoms with E-state index in [-0.39, 0.29) is 6.71 Å². The van der Waals surface area contributed by atoms with Crippen LogP contribution in [0, 0.1) is 0 Å². The van der Waals surface area contributed by atoms with E-state index in [0.717, 1.165) is 0 Å². The van der Waals surface area contributed by atoms with Gasteiger partial charge in [-0.05, 0) is 78.6 Å². The maximum atomic E-state index is 2.96. The van der Waals surface area contributed by atoms with Crippen molar-refractivity contribution in [3.05, 3.63) is 115 Å². The van der Waals surface area contributed by atoms with Crippen LogP contribution in [0.5, 0.6) is 0 Å². The highest BCUT2D eigenvalue weighted by molar-refractivity contribution is 7.27. The number of nitrogens with zero attached hydrogens (tertiary/aromatic N) is 1. The molecule has 1 nitrogen and oxygen atoms in total. The summed E-state index contributed by atoms with van der Waals surface area (Å²) in [6.45, 7) is 0.263. The Morgan fingerprint density at radius 3 is 2.08 bits per heavy atom. The molecule has 0 fully saturated rings. The number of rotatable bonds is 1. The van der Waals surface area contributed by atoms with E-state index >= 15 is 0 Å². The van der Waals surface area contributed by atoms with Crippen molar-refractivity contribution >= 4 is 87.0 Å². The van der Waals surface area contributed by atoms with Gasteiger partial charge in [0.25, 0.3) is 0 Å². The van der Waals surface area contributed by atoms with Crippen LogP contribution in [-0.2, 0) is 0 Å². The van der Waals surface area contributed by atoms with Gasteiger partial charge in [-0.25, -0.2) is 0 Å². The van der Waals surface area contributed by atoms with Crippen LogP contribution in [0.3, 0.4) is 0 Å². The predicted molar refractivity (Wildman–Crippen MR) is 164 cm³/mol. The van der Waals surface area contributed by atoms with E-state index < -0.39 is 0 Å². The van der Waals surface area contributed by atoms with E-state index in [4.69, 9.17) is 0 Å². The number of fused-ring (bicyclic) bond motifs is 5. The zero-order valence-corrected chi connectivity index (χ0v) is 21.2. The molecule has 0 spiro atoms. The van der Waals surface area contributed by atoms with Crippen LogP contribution in [0.25, 0.3) is 43.4 Å². The van der Waals surface area contributed by atoms with Gasteiger partial charge in [0.1, 0.15) is 0 Å². The number of hydrogen-bond acceptors (Lipinski definition) is 1. The van der Waals surface area contributed by atoms with Crippen LogP contribution in [0.15, 0.2) is 115 Å².